The van der Waals surface area contributed by atoms with Crippen LogP contribution in [0.1, 0.15) is 18.8 Å². The second-order valence-electron chi connectivity index (χ2n) is 5.25. The zero-order chi connectivity index (χ0) is 14.1. The number of hydrogen-bond acceptors (Lipinski definition) is 5. The first-order valence-electron chi connectivity index (χ1n) is 6.89. The molecule has 6 atom stereocenters. The first-order valence-corrected chi connectivity index (χ1v) is 6.89. The van der Waals surface area contributed by atoms with Gasteiger partial charge in [-0.15, -0.1) is 0 Å². The highest BCUT2D eigenvalue weighted by Crippen LogP contribution is 2.34. The Bertz CT molecular complexity index is 437. The third kappa shape index (κ3) is 2.47. The van der Waals surface area contributed by atoms with Crippen molar-refractivity contribution in [3.05, 3.63) is 35.9 Å². The lowest BCUT2D eigenvalue weighted by atomic mass is 9.94. The van der Waals surface area contributed by atoms with E-state index < -0.39 is 18.5 Å². The number of aliphatic hydroxyl groups is 1. The Morgan fingerprint density at radius 3 is 2.65 bits per heavy atom. The summed E-state index contributed by atoms with van der Waals surface area (Å²) in [6.45, 7) is 2.26. The van der Waals surface area contributed by atoms with Crippen LogP contribution in [-0.2, 0) is 18.9 Å². The summed E-state index contributed by atoms with van der Waals surface area (Å²) < 4.78 is 22.8. The Balaban J connectivity index is 1.78. The highest BCUT2D eigenvalue weighted by molar-refractivity contribution is 5.16. The standard InChI is InChI=1S/C15H20O5/c1-9-12(16)14(17-2)13-11(19-9)8-18-15(20-13)10-6-4-3-5-7-10/h3-7,9,11-16H,8H2,1-2H3/t9-,11?,12?,13+,14+,15?/m0/s1. The maximum atomic E-state index is 10.2. The van der Waals surface area contributed by atoms with E-state index in [0.717, 1.165) is 5.56 Å². The second kappa shape index (κ2) is 5.79. The minimum absolute atomic E-state index is 0.210. The first-order chi connectivity index (χ1) is 9.70. The van der Waals surface area contributed by atoms with Gasteiger partial charge in [-0.2, -0.15) is 0 Å². The molecule has 1 N–H and O–H groups in total. The Labute approximate surface area is 118 Å². The predicted molar refractivity (Wildman–Crippen MR) is 71.1 cm³/mol. The van der Waals surface area contributed by atoms with Crippen LogP contribution in [0.15, 0.2) is 30.3 Å². The molecule has 2 heterocycles. The molecule has 2 aliphatic heterocycles. The Morgan fingerprint density at radius 2 is 1.95 bits per heavy atom. The van der Waals surface area contributed by atoms with Gasteiger partial charge < -0.3 is 24.1 Å². The summed E-state index contributed by atoms with van der Waals surface area (Å²) in [5, 5.41) is 10.2. The van der Waals surface area contributed by atoms with E-state index in [-0.39, 0.29) is 18.3 Å². The van der Waals surface area contributed by atoms with Crippen molar-refractivity contribution in [1.29, 1.82) is 0 Å². The molecule has 3 unspecified atom stereocenters. The number of aliphatic hydroxyl groups excluding tert-OH is 1. The van der Waals surface area contributed by atoms with E-state index in [4.69, 9.17) is 18.9 Å². The van der Waals surface area contributed by atoms with Crippen molar-refractivity contribution in [3.63, 3.8) is 0 Å². The Kier molecular flexibility index (Phi) is 4.05. The molecule has 2 aliphatic rings. The molecule has 0 bridgehead atoms. The van der Waals surface area contributed by atoms with Crippen molar-refractivity contribution in [2.45, 2.75) is 43.7 Å². The van der Waals surface area contributed by atoms with Crippen LogP contribution in [0.4, 0.5) is 0 Å². The van der Waals surface area contributed by atoms with Gasteiger partial charge in [-0.25, -0.2) is 0 Å². The molecule has 1 aromatic carbocycles. The fourth-order valence-corrected chi connectivity index (χ4v) is 2.83. The SMILES string of the molecule is CO[C@@H]1C(O)[C@H](C)OC2COC(c3ccccc3)O[C@H]21. The lowest BCUT2D eigenvalue weighted by molar-refractivity contribution is -0.329. The summed E-state index contributed by atoms with van der Waals surface area (Å²) in [4.78, 5) is 0. The minimum atomic E-state index is -0.698. The van der Waals surface area contributed by atoms with E-state index >= 15 is 0 Å². The molecule has 0 amide bonds. The molecule has 2 saturated heterocycles. The quantitative estimate of drug-likeness (QED) is 0.884. The molecule has 5 nitrogen and oxygen atoms in total. The summed E-state index contributed by atoms with van der Waals surface area (Å²) in [5.74, 6) is 0. The molecular weight excluding hydrogens is 260 g/mol. The fraction of sp³-hybridized carbons (Fsp3) is 0.600. The van der Waals surface area contributed by atoms with Crippen LogP contribution >= 0.6 is 0 Å². The second-order valence-corrected chi connectivity index (χ2v) is 5.25. The summed E-state index contributed by atoms with van der Waals surface area (Å²) in [6.07, 6.45) is -2.38. The van der Waals surface area contributed by atoms with Gasteiger partial charge in [0.05, 0.1) is 12.7 Å². The van der Waals surface area contributed by atoms with Crippen LogP contribution in [0.2, 0.25) is 0 Å². The fourth-order valence-electron chi connectivity index (χ4n) is 2.83. The van der Waals surface area contributed by atoms with E-state index in [0.29, 0.717) is 6.61 Å². The molecule has 2 fully saturated rings. The molecule has 20 heavy (non-hydrogen) atoms. The molecule has 0 saturated carbocycles. The zero-order valence-corrected chi connectivity index (χ0v) is 11.6. The van der Waals surface area contributed by atoms with Gasteiger partial charge in [0.1, 0.15) is 24.4 Å². The molecule has 5 heteroatoms. The van der Waals surface area contributed by atoms with Gasteiger partial charge in [0, 0.05) is 12.7 Å². The van der Waals surface area contributed by atoms with Crippen LogP contribution in [0, 0.1) is 0 Å². The van der Waals surface area contributed by atoms with E-state index in [1.165, 1.54) is 0 Å². The summed E-state index contributed by atoms with van der Waals surface area (Å²) in [7, 11) is 1.58. The van der Waals surface area contributed by atoms with Crippen LogP contribution in [0.3, 0.4) is 0 Å². The van der Waals surface area contributed by atoms with Gasteiger partial charge >= 0.3 is 0 Å². The number of benzene rings is 1. The first kappa shape index (κ1) is 14.0. The monoisotopic (exact) mass is 280 g/mol. The van der Waals surface area contributed by atoms with Crippen LogP contribution < -0.4 is 0 Å². The maximum Gasteiger partial charge on any atom is 0.184 e. The summed E-state index contributed by atoms with van der Waals surface area (Å²) in [6, 6.07) is 9.74. The smallest absolute Gasteiger partial charge is 0.184 e. The molecule has 0 aliphatic carbocycles. The van der Waals surface area contributed by atoms with Gasteiger partial charge in [0.25, 0.3) is 0 Å². The highest BCUT2D eigenvalue weighted by atomic mass is 16.7. The van der Waals surface area contributed by atoms with Crippen molar-refractivity contribution < 1.29 is 24.1 Å². The van der Waals surface area contributed by atoms with E-state index in [2.05, 4.69) is 0 Å². The molecule has 3 rings (SSSR count). The van der Waals surface area contributed by atoms with E-state index in [1.807, 2.05) is 37.3 Å². The highest BCUT2D eigenvalue weighted by Gasteiger charge is 2.48. The van der Waals surface area contributed by atoms with Gasteiger partial charge in [0.2, 0.25) is 0 Å². The maximum absolute atomic E-state index is 10.2. The molecule has 0 spiro atoms. The third-order valence-electron chi connectivity index (χ3n) is 3.93. The Morgan fingerprint density at radius 1 is 1.20 bits per heavy atom. The average molecular weight is 280 g/mol. The van der Waals surface area contributed by atoms with E-state index in [9.17, 15) is 5.11 Å². The molecule has 1 aromatic rings. The van der Waals surface area contributed by atoms with Gasteiger partial charge in [-0.3, -0.25) is 0 Å². The molecular formula is C15H20O5. The molecule has 0 aromatic heterocycles. The minimum Gasteiger partial charge on any atom is -0.388 e. The van der Waals surface area contributed by atoms with Gasteiger partial charge in [0.15, 0.2) is 6.29 Å². The van der Waals surface area contributed by atoms with Crippen molar-refractivity contribution in [2.24, 2.45) is 0 Å². The van der Waals surface area contributed by atoms with Crippen LogP contribution in [0.25, 0.3) is 0 Å². The van der Waals surface area contributed by atoms with Crippen molar-refractivity contribution >= 4 is 0 Å². The van der Waals surface area contributed by atoms with E-state index in [1.54, 1.807) is 7.11 Å². The predicted octanol–water partition coefficient (Wildman–Crippen LogP) is 1.26. The third-order valence-corrected chi connectivity index (χ3v) is 3.93. The Hall–Kier alpha value is -0.980. The lowest BCUT2D eigenvalue weighted by Gasteiger charge is -2.47. The number of hydrogen-bond donors (Lipinski definition) is 1. The summed E-state index contributed by atoms with van der Waals surface area (Å²) >= 11 is 0. The molecule has 110 valence electrons. The van der Waals surface area contributed by atoms with Crippen molar-refractivity contribution in [3.8, 4) is 0 Å². The lowest BCUT2D eigenvalue weighted by Crippen LogP contribution is -2.61. The number of ether oxygens (including phenoxy) is 4. The van der Waals surface area contributed by atoms with Crippen molar-refractivity contribution in [1.82, 2.24) is 0 Å². The topological polar surface area (TPSA) is 57.2 Å². The average Bonchev–Trinajstić information content (AvgIpc) is 2.49. The number of methoxy groups -OCH3 is 1. The normalized spacial score (nSPS) is 41.1. The summed E-state index contributed by atoms with van der Waals surface area (Å²) in [5.41, 5.74) is 0.953. The van der Waals surface area contributed by atoms with Crippen LogP contribution in [0.5, 0.6) is 0 Å². The van der Waals surface area contributed by atoms with Crippen LogP contribution in [-0.4, -0.2) is 49.3 Å². The van der Waals surface area contributed by atoms with Gasteiger partial charge in [-0.05, 0) is 6.92 Å². The zero-order valence-electron chi connectivity index (χ0n) is 11.6. The largest absolute Gasteiger partial charge is 0.388 e. The van der Waals surface area contributed by atoms with Crippen molar-refractivity contribution in [2.75, 3.05) is 13.7 Å². The van der Waals surface area contributed by atoms with Gasteiger partial charge in [-0.1, -0.05) is 30.3 Å². The molecule has 0 radical (unpaired) electrons. The number of fused-ring (bicyclic) bond motifs is 1. The number of rotatable bonds is 2.